The molecule has 1 fully saturated rings. The zero-order valence-corrected chi connectivity index (χ0v) is 9.30. The van der Waals surface area contributed by atoms with Gasteiger partial charge in [-0.1, -0.05) is 19.8 Å². The molecule has 0 N–H and O–H groups in total. The van der Waals surface area contributed by atoms with Crippen LogP contribution in [0.5, 0.6) is 0 Å². The fraction of sp³-hybridized carbons (Fsp3) is 1.00. The lowest BCUT2D eigenvalue weighted by Crippen LogP contribution is -2.19. The van der Waals surface area contributed by atoms with Gasteiger partial charge in [0, 0.05) is 13.2 Å². The molecule has 0 radical (unpaired) electrons. The number of ether oxygens (including phenoxy) is 1. The molecule has 0 unspecified atom stereocenters. The summed E-state index contributed by atoms with van der Waals surface area (Å²) < 4.78 is 18.4. The van der Waals surface area contributed by atoms with Gasteiger partial charge in [0.1, 0.15) is 6.17 Å². The Labute approximate surface area is 87.0 Å². The molecular weight excluding hydrogens is 179 g/mol. The Kier molecular flexibility index (Phi) is 6.17. The van der Waals surface area contributed by atoms with Crippen LogP contribution in [-0.4, -0.2) is 19.4 Å². The van der Waals surface area contributed by atoms with Gasteiger partial charge in [-0.3, -0.25) is 0 Å². The second kappa shape index (κ2) is 7.22. The van der Waals surface area contributed by atoms with Crippen LogP contribution in [0.15, 0.2) is 0 Å². The van der Waals surface area contributed by atoms with Crippen molar-refractivity contribution in [2.24, 2.45) is 5.92 Å². The Hall–Kier alpha value is -0.110. The highest BCUT2D eigenvalue weighted by molar-refractivity contribution is 4.71. The minimum Gasteiger partial charge on any atom is -0.381 e. The van der Waals surface area contributed by atoms with E-state index >= 15 is 0 Å². The molecule has 0 spiro atoms. The number of hydrogen-bond donors (Lipinski definition) is 0. The van der Waals surface area contributed by atoms with Crippen molar-refractivity contribution in [3.8, 4) is 0 Å². The van der Waals surface area contributed by atoms with E-state index in [9.17, 15) is 4.39 Å². The quantitative estimate of drug-likeness (QED) is 0.596. The van der Waals surface area contributed by atoms with E-state index in [-0.39, 0.29) is 0 Å². The van der Waals surface area contributed by atoms with Crippen LogP contribution in [0.2, 0.25) is 0 Å². The van der Waals surface area contributed by atoms with Gasteiger partial charge < -0.3 is 4.74 Å². The van der Waals surface area contributed by atoms with Crippen molar-refractivity contribution < 1.29 is 9.13 Å². The van der Waals surface area contributed by atoms with E-state index in [1.807, 2.05) is 0 Å². The molecule has 0 saturated heterocycles. The van der Waals surface area contributed by atoms with Crippen molar-refractivity contribution in [1.29, 1.82) is 0 Å². The summed E-state index contributed by atoms with van der Waals surface area (Å²) in [5, 5.41) is 0. The number of rotatable bonds is 6. The highest BCUT2D eigenvalue weighted by Gasteiger charge is 2.20. The number of unbranched alkanes of at least 4 members (excludes halogenated alkanes) is 2. The van der Waals surface area contributed by atoms with Gasteiger partial charge in [0.2, 0.25) is 0 Å². The van der Waals surface area contributed by atoms with Crippen LogP contribution in [0.3, 0.4) is 0 Å². The first-order chi connectivity index (χ1) is 6.83. The largest absolute Gasteiger partial charge is 0.381 e. The topological polar surface area (TPSA) is 9.23 Å². The van der Waals surface area contributed by atoms with Crippen molar-refractivity contribution in [2.45, 2.75) is 58.0 Å². The van der Waals surface area contributed by atoms with Gasteiger partial charge in [0.05, 0.1) is 0 Å². The second-order valence-electron chi connectivity index (χ2n) is 4.40. The molecule has 1 saturated carbocycles. The molecule has 0 aromatic heterocycles. The summed E-state index contributed by atoms with van der Waals surface area (Å²) in [7, 11) is 0. The van der Waals surface area contributed by atoms with Crippen molar-refractivity contribution in [3.63, 3.8) is 0 Å². The first kappa shape index (κ1) is 12.0. The molecule has 0 aromatic carbocycles. The van der Waals surface area contributed by atoms with E-state index in [4.69, 9.17) is 4.74 Å². The molecule has 14 heavy (non-hydrogen) atoms. The average molecular weight is 202 g/mol. The summed E-state index contributed by atoms with van der Waals surface area (Å²) in [5.41, 5.74) is 0. The lowest BCUT2D eigenvalue weighted by molar-refractivity contribution is 0.0704. The standard InChI is InChI=1S/C12H23FO/c1-2-3-4-9-14-10-11-5-7-12(13)8-6-11/h11-12H,2-10H2,1H3. The number of alkyl halides is 1. The van der Waals surface area contributed by atoms with Crippen LogP contribution in [0.1, 0.15) is 51.9 Å². The first-order valence-corrected chi connectivity index (χ1v) is 6.04. The highest BCUT2D eigenvalue weighted by atomic mass is 19.1. The van der Waals surface area contributed by atoms with Crippen LogP contribution in [0, 0.1) is 5.92 Å². The molecule has 0 aromatic rings. The summed E-state index contributed by atoms with van der Waals surface area (Å²) in [6.07, 6.45) is 6.70. The fourth-order valence-electron chi connectivity index (χ4n) is 1.99. The number of hydrogen-bond acceptors (Lipinski definition) is 1. The molecule has 1 nitrogen and oxygen atoms in total. The third kappa shape index (κ3) is 4.94. The Morgan fingerprint density at radius 2 is 1.86 bits per heavy atom. The zero-order valence-electron chi connectivity index (χ0n) is 9.30. The van der Waals surface area contributed by atoms with E-state index in [2.05, 4.69) is 6.92 Å². The van der Waals surface area contributed by atoms with Gasteiger partial charge in [-0.2, -0.15) is 0 Å². The Morgan fingerprint density at radius 3 is 2.50 bits per heavy atom. The van der Waals surface area contributed by atoms with Crippen LogP contribution < -0.4 is 0 Å². The Balaban J connectivity index is 1.91. The summed E-state index contributed by atoms with van der Waals surface area (Å²) in [5.74, 6) is 0.628. The Morgan fingerprint density at radius 1 is 1.14 bits per heavy atom. The molecule has 0 aliphatic heterocycles. The molecule has 0 bridgehead atoms. The third-order valence-corrected chi connectivity index (χ3v) is 3.02. The van der Waals surface area contributed by atoms with E-state index in [1.165, 1.54) is 19.3 Å². The molecule has 2 heteroatoms. The van der Waals surface area contributed by atoms with Gasteiger partial charge in [-0.05, 0) is 38.0 Å². The summed E-state index contributed by atoms with van der Waals surface area (Å²) >= 11 is 0. The van der Waals surface area contributed by atoms with Gasteiger partial charge >= 0.3 is 0 Å². The Bertz CT molecular complexity index is 130. The molecule has 1 rings (SSSR count). The van der Waals surface area contributed by atoms with Crippen LogP contribution in [0.4, 0.5) is 4.39 Å². The van der Waals surface area contributed by atoms with Crippen molar-refractivity contribution in [2.75, 3.05) is 13.2 Å². The number of halogens is 1. The maximum atomic E-state index is 12.8. The van der Waals surface area contributed by atoms with Crippen LogP contribution in [-0.2, 0) is 4.74 Å². The second-order valence-corrected chi connectivity index (χ2v) is 4.40. The highest BCUT2D eigenvalue weighted by Crippen LogP contribution is 2.26. The van der Waals surface area contributed by atoms with E-state index in [1.54, 1.807) is 0 Å². The molecule has 0 amide bonds. The predicted molar refractivity (Wildman–Crippen MR) is 57.2 cm³/mol. The maximum absolute atomic E-state index is 12.8. The summed E-state index contributed by atoms with van der Waals surface area (Å²) in [6.45, 7) is 3.95. The van der Waals surface area contributed by atoms with Gasteiger partial charge in [-0.25, -0.2) is 4.39 Å². The predicted octanol–water partition coefficient (Wildman–Crippen LogP) is 3.72. The molecule has 1 aliphatic carbocycles. The maximum Gasteiger partial charge on any atom is 0.100 e. The average Bonchev–Trinajstić information content (AvgIpc) is 2.21. The van der Waals surface area contributed by atoms with Gasteiger partial charge in [0.15, 0.2) is 0 Å². The minimum absolute atomic E-state index is 0.536. The summed E-state index contributed by atoms with van der Waals surface area (Å²) in [4.78, 5) is 0. The van der Waals surface area contributed by atoms with Crippen molar-refractivity contribution in [3.05, 3.63) is 0 Å². The van der Waals surface area contributed by atoms with E-state index in [0.717, 1.165) is 38.9 Å². The first-order valence-electron chi connectivity index (χ1n) is 6.04. The van der Waals surface area contributed by atoms with Crippen LogP contribution in [0.25, 0.3) is 0 Å². The molecule has 0 atom stereocenters. The SMILES string of the molecule is CCCCCOCC1CCC(F)CC1. The molecule has 84 valence electrons. The van der Waals surface area contributed by atoms with Crippen molar-refractivity contribution in [1.82, 2.24) is 0 Å². The summed E-state index contributed by atoms with van der Waals surface area (Å²) in [6, 6.07) is 0. The molecule has 1 aliphatic rings. The zero-order chi connectivity index (χ0) is 10.2. The lowest BCUT2D eigenvalue weighted by Gasteiger charge is -2.23. The normalized spacial score (nSPS) is 27.9. The fourth-order valence-corrected chi connectivity index (χ4v) is 1.99. The monoisotopic (exact) mass is 202 g/mol. The van der Waals surface area contributed by atoms with Gasteiger partial charge in [0.25, 0.3) is 0 Å². The third-order valence-electron chi connectivity index (χ3n) is 3.02. The van der Waals surface area contributed by atoms with Crippen LogP contribution >= 0.6 is 0 Å². The van der Waals surface area contributed by atoms with Gasteiger partial charge in [-0.15, -0.1) is 0 Å². The smallest absolute Gasteiger partial charge is 0.100 e. The molecular formula is C12H23FO. The van der Waals surface area contributed by atoms with E-state index < -0.39 is 6.17 Å². The minimum atomic E-state index is -0.536. The van der Waals surface area contributed by atoms with E-state index in [0.29, 0.717) is 5.92 Å². The van der Waals surface area contributed by atoms with Crippen molar-refractivity contribution >= 4 is 0 Å². The molecule has 0 heterocycles. The lowest BCUT2D eigenvalue weighted by atomic mass is 9.89.